The average Bonchev–Trinajstić information content (AvgIpc) is 3.31. The van der Waals surface area contributed by atoms with E-state index in [9.17, 15) is 21.6 Å². The molecular weight excluding hydrogens is 431 g/mol. The molecule has 0 atom stereocenters. The molecule has 0 spiro atoms. The summed E-state index contributed by atoms with van der Waals surface area (Å²) in [6.07, 6.45) is 0.747. The minimum atomic E-state index is -4.07. The van der Waals surface area contributed by atoms with E-state index in [2.05, 4.69) is 10.3 Å². The van der Waals surface area contributed by atoms with E-state index in [-0.39, 0.29) is 24.5 Å². The number of allylic oxidation sites excluding steroid dienone is 1. The third kappa shape index (κ3) is 4.21. The number of nitrogens with zero attached hydrogens (tertiary/aromatic N) is 4. The number of nitrogens with two attached hydrogens (primary N) is 1. The normalized spacial score (nSPS) is 17.5. The van der Waals surface area contributed by atoms with Crippen molar-refractivity contribution in [2.75, 3.05) is 19.6 Å². The van der Waals surface area contributed by atoms with Crippen LogP contribution in [0.25, 0.3) is 22.2 Å². The Kier molecular flexibility index (Phi) is 5.58. The summed E-state index contributed by atoms with van der Waals surface area (Å²) in [7, 11) is -4.07. The van der Waals surface area contributed by atoms with Gasteiger partial charge < -0.3 is 5.73 Å². The first kappa shape index (κ1) is 21.5. The van der Waals surface area contributed by atoms with Crippen molar-refractivity contribution < 1.29 is 21.6 Å². The average molecular weight is 451 g/mol. The van der Waals surface area contributed by atoms with Crippen molar-refractivity contribution >= 4 is 21.1 Å². The number of rotatable bonds is 6. The number of aromatic nitrogens is 3. The van der Waals surface area contributed by atoms with Crippen LogP contribution in [0.15, 0.2) is 59.3 Å². The lowest BCUT2D eigenvalue weighted by Crippen LogP contribution is -2.31. The van der Waals surface area contributed by atoms with Crippen molar-refractivity contribution in [1.29, 1.82) is 0 Å². The highest BCUT2D eigenvalue weighted by molar-refractivity contribution is 7.89. The van der Waals surface area contributed by atoms with E-state index >= 15 is 0 Å². The maximum absolute atomic E-state index is 13.9. The van der Waals surface area contributed by atoms with E-state index in [0.29, 0.717) is 22.2 Å². The number of hydrogen-bond acceptors (Lipinski definition) is 5. The van der Waals surface area contributed by atoms with Gasteiger partial charge in [-0.15, -0.1) is 5.10 Å². The van der Waals surface area contributed by atoms with Crippen LogP contribution < -0.4 is 5.73 Å². The second-order valence-electron chi connectivity index (χ2n) is 7.28. The van der Waals surface area contributed by atoms with Crippen molar-refractivity contribution in [2.24, 2.45) is 5.73 Å². The van der Waals surface area contributed by atoms with Gasteiger partial charge in [0, 0.05) is 25.1 Å². The zero-order valence-corrected chi connectivity index (χ0v) is 17.2. The molecule has 11 heteroatoms. The van der Waals surface area contributed by atoms with Gasteiger partial charge in [-0.25, -0.2) is 26.3 Å². The van der Waals surface area contributed by atoms with Crippen LogP contribution in [0.3, 0.4) is 0 Å². The number of halogens is 3. The molecule has 31 heavy (non-hydrogen) atoms. The standard InChI is InChI=1S/C20H20F3N5O2S/c21-15(7-9-24)12-28-18-6-2-5-17(19(18)25-26-28)14-3-1-4-16(11-14)31(29,30)27-10-8-20(22,23)13-27/h1-7,11H,8-10,12-13,24H2/b15-7-. The lowest BCUT2D eigenvalue weighted by molar-refractivity contribution is 0.0183. The summed E-state index contributed by atoms with van der Waals surface area (Å²) < 4.78 is 68.9. The van der Waals surface area contributed by atoms with E-state index < -0.39 is 34.7 Å². The Morgan fingerprint density at radius 1 is 1.23 bits per heavy atom. The molecule has 0 bridgehead atoms. The van der Waals surface area contributed by atoms with E-state index in [1.165, 1.54) is 22.9 Å². The minimum absolute atomic E-state index is 0.0634. The van der Waals surface area contributed by atoms with Gasteiger partial charge in [-0.1, -0.05) is 29.5 Å². The number of fused-ring (bicyclic) bond motifs is 1. The first-order chi connectivity index (χ1) is 14.7. The quantitative estimate of drug-likeness (QED) is 0.622. The second kappa shape index (κ2) is 8.06. The fourth-order valence-electron chi connectivity index (χ4n) is 3.56. The Morgan fingerprint density at radius 2 is 2.00 bits per heavy atom. The molecular formula is C20H20F3N5O2S. The van der Waals surface area contributed by atoms with E-state index in [1.807, 2.05) is 0 Å². The van der Waals surface area contributed by atoms with E-state index in [1.54, 1.807) is 30.3 Å². The molecule has 2 heterocycles. The molecule has 3 aromatic rings. The molecule has 1 aliphatic rings. The molecule has 0 unspecified atom stereocenters. The lowest BCUT2D eigenvalue weighted by Gasteiger charge is -2.17. The van der Waals surface area contributed by atoms with Gasteiger partial charge in [-0.05, 0) is 29.8 Å². The molecule has 0 radical (unpaired) electrons. The summed E-state index contributed by atoms with van der Waals surface area (Å²) in [5, 5.41) is 8.11. The van der Waals surface area contributed by atoms with Crippen LogP contribution in [0.1, 0.15) is 6.42 Å². The second-order valence-corrected chi connectivity index (χ2v) is 9.22. The summed E-state index contributed by atoms with van der Waals surface area (Å²) in [4.78, 5) is -0.0796. The van der Waals surface area contributed by atoms with Crippen LogP contribution in [0.4, 0.5) is 13.2 Å². The Balaban J connectivity index is 1.71. The van der Waals surface area contributed by atoms with Gasteiger partial charge in [0.2, 0.25) is 10.0 Å². The topological polar surface area (TPSA) is 94.1 Å². The minimum Gasteiger partial charge on any atom is -0.327 e. The molecule has 0 aliphatic carbocycles. The molecule has 4 rings (SSSR count). The fourth-order valence-corrected chi connectivity index (χ4v) is 5.07. The third-order valence-corrected chi connectivity index (χ3v) is 6.94. The smallest absolute Gasteiger partial charge is 0.262 e. The van der Waals surface area contributed by atoms with Crippen molar-refractivity contribution in [3.63, 3.8) is 0 Å². The zero-order valence-electron chi connectivity index (χ0n) is 16.4. The molecule has 1 aliphatic heterocycles. The molecule has 164 valence electrons. The molecule has 0 amide bonds. The van der Waals surface area contributed by atoms with Crippen LogP contribution in [0.2, 0.25) is 0 Å². The van der Waals surface area contributed by atoms with Gasteiger partial charge in [0.05, 0.1) is 23.5 Å². The summed E-state index contributed by atoms with van der Waals surface area (Å²) in [6.45, 7) is -1.13. The Labute approximate surface area is 177 Å². The maximum atomic E-state index is 13.9. The molecule has 1 aromatic heterocycles. The van der Waals surface area contributed by atoms with Gasteiger partial charge in [0.1, 0.15) is 11.3 Å². The summed E-state index contributed by atoms with van der Waals surface area (Å²) in [6, 6.07) is 11.2. The van der Waals surface area contributed by atoms with Gasteiger partial charge >= 0.3 is 0 Å². The summed E-state index contributed by atoms with van der Waals surface area (Å²) in [5.74, 6) is -3.47. The lowest BCUT2D eigenvalue weighted by atomic mass is 10.0. The van der Waals surface area contributed by atoms with Crippen LogP contribution >= 0.6 is 0 Å². The Hall–Kier alpha value is -2.76. The molecule has 1 fully saturated rings. The largest absolute Gasteiger partial charge is 0.327 e. The number of benzene rings is 2. The van der Waals surface area contributed by atoms with Crippen molar-refractivity contribution in [1.82, 2.24) is 19.3 Å². The van der Waals surface area contributed by atoms with Gasteiger partial charge in [-0.3, -0.25) is 0 Å². The van der Waals surface area contributed by atoms with Gasteiger partial charge in [0.15, 0.2) is 0 Å². The maximum Gasteiger partial charge on any atom is 0.262 e. The van der Waals surface area contributed by atoms with Gasteiger partial charge in [-0.2, -0.15) is 4.31 Å². The zero-order chi connectivity index (χ0) is 22.2. The van der Waals surface area contributed by atoms with Crippen LogP contribution in [0.5, 0.6) is 0 Å². The number of sulfonamides is 1. The van der Waals surface area contributed by atoms with Crippen LogP contribution in [-0.4, -0.2) is 53.3 Å². The number of alkyl halides is 2. The highest BCUT2D eigenvalue weighted by Gasteiger charge is 2.43. The SMILES string of the molecule is NC/C=C(\F)Cn1nnc2c(-c3cccc(S(=O)(=O)N4CCC(F)(F)C4)c3)cccc21. The molecule has 1 saturated heterocycles. The third-order valence-electron chi connectivity index (χ3n) is 5.10. The van der Waals surface area contributed by atoms with Crippen molar-refractivity contribution in [3.8, 4) is 11.1 Å². The summed E-state index contributed by atoms with van der Waals surface area (Å²) in [5.41, 5.74) is 7.47. The molecule has 7 nitrogen and oxygen atoms in total. The fraction of sp³-hybridized carbons (Fsp3) is 0.300. The van der Waals surface area contributed by atoms with Crippen molar-refractivity contribution in [2.45, 2.75) is 23.8 Å². The Morgan fingerprint density at radius 3 is 2.71 bits per heavy atom. The Bertz CT molecular complexity index is 1260. The van der Waals surface area contributed by atoms with E-state index in [0.717, 1.165) is 4.31 Å². The number of hydrogen-bond donors (Lipinski definition) is 1. The first-order valence-electron chi connectivity index (χ1n) is 9.56. The summed E-state index contributed by atoms with van der Waals surface area (Å²) >= 11 is 0. The predicted octanol–water partition coefficient (Wildman–Crippen LogP) is 2.94. The van der Waals surface area contributed by atoms with Crippen LogP contribution in [-0.2, 0) is 16.6 Å². The monoisotopic (exact) mass is 451 g/mol. The highest BCUT2D eigenvalue weighted by atomic mass is 32.2. The predicted molar refractivity (Wildman–Crippen MR) is 110 cm³/mol. The first-order valence-corrected chi connectivity index (χ1v) is 11.0. The molecule has 0 saturated carbocycles. The molecule has 2 aromatic carbocycles. The van der Waals surface area contributed by atoms with Gasteiger partial charge in [0.25, 0.3) is 5.92 Å². The molecule has 2 N–H and O–H groups in total. The van der Waals surface area contributed by atoms with Crippen LogP contribution in [0, 0.1) is 0 Å². The van der Waals surface area contributed by atoms with E-state index in [4.69, 9.17) is 5.73 Å². The highest BCUT2D eigenvalue weighted by Crippen LogP contribution is 2.33. The van der Waals surface area contributed by atoms with Crippen molar-refractivity contribution in [3.05, 3.63) is 54.4 Å².